The molecule has 1 fully saturated rings. The molecule has 1 atom stereocenters. The molecule has 2 aromatic rings. The van der Waals surface area contributed by atoms with Crippen molar-refractivity contribution in [3.05, 3.63) is 64.2 Å². The highest BCUT2D eigenvalue weighted by atomic mass is 16.7. The Kier molecular flexibility index (Phi) is 4.07. The number of nitro groups is 1. The number of oxime groups is 1. The van der Waals surface area contributed by atoms with Gasteiger partial charge in [0, 0.05) is 18.6 Å². The Morgan fingerprint density at radius 2 is 1.79 bits per heavy atom. The van der Waals surface area contributed by atoms with E-state index in [1.807, 2.05) is 0 Å². The van der Waals surface area contributed by atoms with Gasteiger partial charge in [-0.05, 0) is 42.0 Å². The molecule has 9 heteroatoms. The highest BCUT2D eigenvalue weighted by Gasteiger charge is 2.58. The fourth-order valence-electron chi connectivity index (χ4n) is 3.33. The average Bonchev–Trinajstić information content (AvgIpc) is 3.23. The van der Waals surface area contributed by atoms with Crippen LogP contribution < -0.4 is 9.64 Å². The predicted octanol–water partition coefficient (Wildman–Crippen LogP) is 2.43. The van der Waals surface area contributed by atoms with Gasteiger partial charge in [0.2, 0.25) is 11.5 Å². The first kappa shape index (κ1) is 17.7. The number of imide groups is 1. The van der Waals surface area contributed by atoms with Gasteiger partial charge in [-0.2, -0.15) is 0 Å². The minimum Gasteiger partial charge on any atom is -0.497 e. The number of hydrogen-bond acceptors (Lipinski definition) is 7. The van der Waals surface area contributed by atoms with Crippen molar-refractivity contribution in [2.45, 2.75) is 18.4 Å². The van der Waals surface area contributed by atoms with E-state index in [0.717, 1.165) is 4.90 Å². The first-order valence-corrected chi connectivity index (χ1v) is 8.45. The minimum absolute atomic E-state index is 0.0456. The molecule has 2 amide bonds. The topological polar surface area (TPSA) is 111 Å². The lowest BCUT2D eigenvalue weighted by molar-refractivity contribution is -0.384. The summed E-state index contributed by atoms with van der Waals surface area (Å²) in [6, 6.07) is 12.4. The largest absolute Gasteiger partial charge is 0.497 e. The summed E-state index contributed by atoms with van der Waals surface area (Å²) in [5.74, 6) is -0.253. The SMILES string of the molecule is COc1ccc(N2C(=O)CC3(CC(c4ccc([N+](=O)[O-])cc4)=NO3)C2=O)cc1. The summed E-state index contributed by atoms with van der Waals surface area (Å²) in [5, 5.41) is 14.8. The maximum absolute atomic E-state index is 13.0. The third-order valence-electron chi connectivity index (χ3n) is 4.80. The van der Waals surface area contributed by atoms with Crippen LogP contribution in [0.25, 0.3) is 0 Å². The number of nitrogens with zero attached hydrogens (tertiary/aromatic N) is 3. The molecule has 2 aliphatic rings. The quantitative estimate of drug-likeness (QED) is 0.457. The van der Waals surface area contributed by atoms with Crippen LogP contribution in [0.4, 0.5) is 11.4 Å². The van der Waals surface area contributed by atoms with Crippen molar-refractivity contribution in [1.82, 2.24) is 0 Å². The molecule has 0 bridgehead atoms. The first-order valence-electron chi connectivity index (χ1n) is 8.45. The second-order valence-corrected chi connectivity index (χ2v) is 6.51. The van der Waals surface area contributed by atoms with E-state index in [0.29, 0.717) is 22.7 Å². The van der Waals surface area contributed by atoms with Crippen LogP contribution in [0.5, 0.6) is 5.75 Å². The summed E-state index contributed by atoms with van der Waals surface area (Å²) in [5.41, 5.74) is 0.0720. The van der Waals surface area contributed by atoms with Gasteiger partial charge < -0.3 is 9.57 Å². The molecule has 2 aromatic carbocycles. The van der Waals surface area contributed by atoms with E-state index in [1.54, 1.807) is 36.4 Å². The summed E-state index contributed by atoms with van der Waals surface area (Å²) < 4.78 is 5.09. The fraction of sp³-hybridized carbons (Fsp3) is 0.211. The van der Waals surface area contributed by atoms with E-state index in [1.165, 1.54) is 19.2 Å². The molecule has 2 heterocycles. The van der Waals surface area contributed by atoms with Gasteiger partial charge in [-0.15, -0.1) is 0 Å². The van der Waals surface area contributed by atoms with Gasteiger partial charge in [0.25, 0.3) is 11.6 Å². The zero-order valence-corrected chi connectivity index (χ0v) is 14.8. The second-order valence-electron chi connectivity index (χ2n) is 6.51. The molecule has 0 N–H and O–H groups in total. The Labute approximate surface area is 159 Å². The van der Waals surface area contributed by atoms with Gasteiger partial charge in [0.05, 0.1) is 29.9 Å². The molecule has 9 nitrogen and oxygen atoms in total. The Bertz CT molecular complexity index is 999. The number of non-ortho nitro benzene ring substituents is 1. The summed E-state index contributed by atoms with van der Waals surface area (Å²) in [6.07, 6.45) is -0.0140. The maximum Gasteiger partial charge on any atom is 0.281 e. The molecule has 1 saturated heterocycles. The number of rotatable bonds is 4. The lowest BCUT2D eigenvalue weighted by Gasteiger charge is -2.19. The number of amides is 2. The summed E-state index contributed by atoms with van der Waals surface area (Å²) >= 11 is 0. The number of benzene rings is 2. The Hall–Kier alpha value is -3.75. The van der Waals surface area contributed by atoms with Crippen LogP contribution in [0, 0.1) is 10.1 Å². The normalized spacial score (nSPS) is 21.0. The van der Waals surface area contributed by atoms with Crippen LogP contribution in [0.2, 0.25) is 0 Å². The van der Waals surface area contributed by atoms with Crippen molar-refractivity contribution >= 4 is 28.9 Å². The van der Waals surface area contributed by atoms with Crippen LogP contribution in [0.1, 0.15) is 18.4 Å². The van der Waals surface area contributed by atoms with Gasteiger partial charge in [0.15, 0.2) is 0 Å². The number of nitro benzene ring substituents is 1. The number of ether oxygens (including phenoxy) is 1. The van der Waals surface area contributed by atoms with Crippen molar-refractivity contribution in [2.75, 3.05) is 12.0 Å². The zero-order valence-electron chi connectivity index (χ0n) is 14.8. The Balaban J connectivity index is 1.56. The molecular formula is C19H15N3O6. The summed E-state index contributed by atoms with van der Waals surface area (Å²) in [4.78, 5) is 42.4. The van der Waals surface area contributed by atoms with Crippen LogP contribution in [-0.4, -0.2) is 35.2 Å². The molecular weight excluding hydrogens is 366 g/mol. The molecule has 1 unspecified atom stereocenters. The molecule has 2 aliphatic heterocycles. The minimum atomic E-state index is -1.38. The highest BCUT2D eigenvalue weighted by Crippen LogP contribution is 2.39. The lowest BCUT2D eigenvalue weighted by Crippen LogP contribution is -2.40. The van der Waals surface area contributed by atoms with Gasteiger partial charge in [-0.25, -0.2) is 4.90 Å². The molecule has 142 valence electrons. The lowest BCUT2D eigenvalue weighted by atomic mass is 9.92. The summed E-state index contributed by atoms with van der Waals surface area (Å²) in [6.45, 7) is 0. The van der Waals surface area contributed by atoms with Crippen LogP contribution in [0.15, 0.2) is 53.7 Å². The van der Waals surface area contributed by atoms with E-state index < -0.39 is 16.4 Å². The summed E-state index contributed by atoms with van der Waals surface area (Å²) in [7, 11) is 1.53. The molecule has 0 saturated carbocycles. The Morgan fingerprint density at radius 1 is 1.11 bits per heavy atom. The van der Waals surface area contributed by atoms with E-state index in [2.05, 4.69) is 5.16 Å². The molecule has 28 heavy (non-hydrogen) atoms. The number of hydrogen-bond donors (Lipinski definition) is 0. The van der Waals surface area contributed by atoms with Crippen LogP contribution >= 0.6 is 0 Å². The van der Waals surface area contributed by atoms with E-state index >= 15 is 0 Å². The first-order chi connectivity index (χ1) is 13.4. The van der Waals surface area contributed by atoms with E-state index in [9.17, 15) is 19.7 Å². The van der Waals surface area contributed by atoms with Gasteiger partial charge in [-0.3, -0.25) is 19.7 Å². The maximum atomic E-state index is 13.0. The molecule has 0 aromatic heterocycles. The van der Waals surface area contributed by atoms with Gasteiger partial charge in [0.1, 0.15) is 5.75 Å². The van der Waals surface area contributed by atoms with Gasteiger partial charge >= 0.3 is 0 Å². The average molecular weight is 381 g/mol. The third kappa shape index (κ3) is 2.77. The van der Waals surface area contributed by atoms with Crippen LogP contribution in [-0.2, 0) is 14.4 Å². The third-order valence-corrected chi connectivity index (χ3v) is 4.80. The predicted molar refractivity (Wildman–Crippen MR) is 98.2 cm³/mol. The number of carbonyl (C=O) groups excluding carboxylic acids is 2. The van der Waals surface area contributed by atoms with Crippen molar-refractivity contribution in [1.29, 1.82) is 0 Å². The smallest absolute Gasteiger partial charge is 0.281 e. The second kappa shape index (κ2) is 6.45. The molecule has 1 spiro atoms. The molecule has 0 aliphatic carbocycles. The molecule has 0 radical (unpaired) electrons. The van der Waals surface area contributed by atoms with Crippen molar-refractivity contribution in [3.8, 4) is 5.75 Å². The standard InChI is InChI=1S/C19H15N3O6/c1-27-15-8-6-13(7-9-15)21-17(23)11-19(18(21)24)10-16(20-28-19)12-2-4-14(5-3-12)22(25)26/h2-9H,10-11H2,1H3. The number of anilines is 1. The Morgan fingerprint density at radius 3 is 2.39 bits per heavy atom. The van der Waals surface area contributed by atoms with Gasteiger partial charge in [-0.1, -0.05) is 5.16 Å². The monoisotopic (exact) mass is 381 g/mol. The van der Waals surface area contributed by atoms with Crippen molar-refractivity contribution in [2.24, 2.45) is 5.16 Å². The molecule has 4 rings (SSSR count). The highest BCUT2D eigenvalue weighted by molar-refractivity contribution is 6.25. The zero-order chi connectivity index (χ0) is 19.9. The van der Waals surface area contributed by atoms with Crippen molar-refractivity contribution < 1.29 is 24.1 Å². The van der Waals surface area contributed by atoms with Crippen LogP contribution in [0.3, 0.4) is 0 Å². The fourth-order valence-corrected chi connectivity index (χ4v) is 3.33. The number of carbonyl (C=O) groups is 2. The van der Waals surface area contributed by atoms with Crippen molar-refractivity contribution in [3.63, 3.8) is 0 Å². The van der Waals surface area contributed by atoms with E-state index in [4.69, 9.17) is 9.57 Å². The van der Waals surface area contributed by atoms with E-state index in [-0.39, 0.29) is 24.4 Å². The number of methoxy groups -OCH3 is 1.